The summed E-state index contributed by atoms with van der Waals surface area (Å²) in [5.74, 6) is 2.65. The Bertz CT molecular complexity index is 797. The maximum absolute atomic E-state index is 13.0. The van der Waals surface area contributed by atoms with Gasteiger partial charge in [0.25, 0.3) is 0 Å². The lowest BCUT2D eigenvalue weighted by molar-refractivity contribution is -0.134. The quantitative estimate of drug-likeness (QED) is 0.864. The van der Waals surface area contributed by atoms with Crippen LogP contribution in [0.1, 0.15) is 54.0 Å². The van der Waals surface area contributed by atoms with Crippen LogP contribution in [0, 0.1) is 26.7 Å². The molecule has 1 aromatic heterocycles. The predicted octanol–water partition coefficient (Wildman–Crippen LogP) is 3.17. The van der Waals surface area contributed by atoms with Crippen molar-refractivity contribution < 1.29 is 4.79 Å². The number of rotatable bonds is 3. The molecule has 0 spiro atoms. The highest BCUT2D eigenvalue weighted by molar-refractivity contribution is 5.83. The topological polar surface area (TPSA) is 51.0 Å². The maximum atomic E-state index is 13.0. The van der Waals surface area contributed by atoms with Gasteiger partial charge in [0.1, 0.15) is 11.6 Å². The van der Waals surface area contributed by atoms with Crippen LogP contribution in [0.2, 0.25) is 0 Å². The summed E-state index contributed by atoms with van der Waals surface area (Å²) in [4.78, 5) is 19.4. The Balaban J connectivity index is 1.43. The zero-order chi connectivity index (χ0) is 17.6. The van der Waals surface area contributed by atoms with Gasteiger partial charge in [0.15, 0.2) is 0 Å². The summed E-state index contributed by atoms with van der Waals surface area (Å²) >= 11 is 0. The molecule has 1 aliphatic carbocycles. The molecule has 4 rings (SSSR count). The summed E-state index contributed by atoms with van der Waals surface area (Å²) in [6, 6.07) is 8.84. The zero-order valence-corrected chi connectivity index (χ0v) is 15.3. The van der Waals surface area contributed by atoms with E-state index in [0.717, 1.165) is 44.0 Å². The van der Waals surface area contributed by atoms with Gasteiger partial charge in [0, 0.05) is 19.0 Å². The van der Waals surface area contributed by atoms with Gasteiger partial charge in [-0.25, -0.2) is 9.67 Å². The predicted molar refractivity (Wildman–Crippen MR) is 96.4 cm³/mol. The van der Waals surface area contributed by atoms with E-state index in [1.54, 1.807) is 0 Å². The lowest BCUT2D eigenvalue weighted by Crippen LogP contribution is -2.42. The number of piperidine rings is 1. The highest BCUT2D eigenvalue weighted by Gasteiger charge is 2.46. The number of likely N-dealkylation sites (tertiary alicyclic amines) is 1. The van der Waals surface area contributed by atoms with E-state index in [-0.39, 0.29) is 12.0 Å². The van der Waals surface area contributed by atoms with Crippen LogP contribution < -0.4 is 0 Å². The summed E-state index contributed by atoms with van der Waals surface area (Å²) in [7, 11) is 0. The van der Waals surface area contributed by atoms with Crippen LogP contribution in [0.5, 0.6) is 0 Å². The van der Waals surface area contributed by atoms with Crippen LogP contribution >= 0.6 is 0 Å². The standard InChI is InChI=1S/C20H26N4O/c1-13-6-4-7-16(10-13)18-11-19(18)20(25)23-9-5-8-17(12-23)24-15(3)21-14(2)22-24/h4,6-7,10,17-19H,5,8-9,11-12H2,1-3H3. The summed E-state index contributed by atoms with van der Waals surface area (Å²) in [5.41, 5.74) is 2.58. The molecule has 1 saturated carbocycles. The van der Waals surface area contributed by atoms with Crippen molar-refractivity contribution in [2.75, 3.05) is 13.1 Å². The number of amides is 1. The van der Waals surface area contributed by atoms with Gasteiger partial charge < -0.3 is 4.90 Å². The van der Waals surface area contributed by atoms with Crippen LogP contribution in [0.4, 0.5) is 0 Å². The van der Waals surface area contributed by atoms with Gasteiger partial charge in [-0.2, -0.15) is 5.10 Å². The molecular weight excluding hydrogens is 312 g/mol. The number of hydrogen-bond acceptors (Lipinski definition) is 3. The zero-order valence-electron chi connectivity index (χ0n) is 15.3. The normalized spacial score (nSPS) is 25.9. The van der Waals surface area contributed by atoms with Crippen molar-refractivity contribution in [3.05, 3.63) is 47.0 Å². The second-order valence-electron chi connectivity index (χ2n) is 7.59. The molecule has 2 fully saturated rings. The highest BCUT2D eigenvalue weighted by Crippen LogP contribution is 2.49. The Kier molecular flexibility index (Phi) is 4.10. The average molecular weight is 338 g/mol. The smallest absolute Gasteiger partial charge is 0.226 e. The number of aromatic nitrogens is 3. The van der Waals surface area contributed by atoms with Gasteiger partial charge in [-0.15, -0.1) is 0 Å². The first-order valence-electron chi connectivity index (χ1n) is 9.28. The molecule has 0 bridgehead atoms. The first-order valence-corrected chi connectivity index (χ1v) is 9.28. The molecule has 2 heterocycles. The van der Waals surface area contributed by atoms with Crippen LogP contribution in [0.25, 0.3) is 0 Å². The number of carbonyl (C=O) groups is 1. The number of benzene rings is 1. The van der Waals surface area contributed by atoms with Gasteiger partial charge in [-0.1, -0.05) is 29.8 Å². The minimum absolute atomic E-state index is 0.166. The van der Waals surface area contributed by atoms with Crippen LogP contribution in [-0.4, -0.2) is 38.7 Å². The average Bonchev–Trinajstić information content (AvgIpc) is 3.33. The van der Waals surface area contributed by atoms with Gasteiger partial charge in [0.2, 0.25) is 5.91 Å². The van der Waals surface area contributed by atoms with Crippen molar-refractivity contribution >= 4 is 5.91 Å². The van der Waals surface area contributed by atoms with Gasteiger partial charge >= 0.3 is 0 Å². The molecule has 5 nitrogen and oxygen atoms in total. The van der Waals surface area contributed by atoms with E-state index < -0.39 is 0 Å². The third-order valence-corrected chi connectivity index (χ3v) is 5.54. The third kappa shape index (κ3) is 3.20. The number of carbonyl (C=O) groups excluding carboxylic acids is 1. The molecule has 2 aliphatic rings. The summed E-state index contributed by atoms with van der Waals surface area (Å²) in [6.45, 7) is 7.67. The highest BCUT2D eigenvalue weighted by atomic mass is 16.2. The van der Waals surface area contributed by atoms with Gasteiger partial charge in [0.05, 0.1) is 6.04 Å². The Morgan fingerprint density at radius 2 is 2.08 bits per heavy atom. The third-order valence-electron chi connectivity index (χ3n) is 5.54. The number of nitrogens with zero attached hydrogens (tertiary/aromatic N) is 4. The molecule has 5 heteroatoms. The summed E-state index contributed by atoms with van der Waals surface area (Å²) < 4.78 is 2.01. The molecular formula is C20H26N4O. The van der Waals surface area contributed by atoms with Crippen LogP contribution in [-0.2, 0) is 4.79 Å². The molecule has 3 atom stereocenters. The van der Waals surface area contributed by atoms with Crippen molar-refractivity contribution in [1.82, 2.24) is 19.7 Å². The van der Waals surface area contributed by atoms with Crippen molar-refractivity contribution in [2.24, 2.45) is 5.92 Å². The van der Waals surface area contributed by atoms with E-state index in [0.29, 0.717) is 11.8 Å². The van der Waals surface area contributed by atoms with Crippen molar-refractivity contribution in [3.63, 3.8) is 0 Å². The molecule has 0 radical (unpaired) electrons. The Morgan fingerprint density at radius 1 is 1.24 bits per heavy atom. The summed E-state index contributed by atoms with van der Waals surface area (Å²) in [6.07, 6.45) is 3.10. The van der Waals surface area contributed by atoms with E-state index in [9.17, 15) is 4.79 Å². The summed E-state index contributed by atoms with van der Waals surface area (Å²) in [5, 5.41) is 4.53. The van der Waals surface area contributed by atoms with Gasteiger partial charge in [-0.05, 0) is 51.5 Å². The first-order chi connectivity index (χ1) is 12.0. The molecule has 132 valence electrons. The Labute approximate surface area is 149 Å². The van der Waals surface area contributed by atoms with Crippen molar-refractivity contribution in [3.8, 4) is 0 Å². The molecule has 2 aromatic rings. The minimum Gasteiger partial charge on any atom is -0.340 e. The molecule has 1 aliphatic heterocycles. The molecule has 3 unspecified atom stereocenters. The fourth-order valence-electron chi connectivity index (χ4n) is 4.21. The van der Waals surface area contributed by atoms with Gasteiger partial charge in [-0.3, -0.25) is 4.79 Å². The second kappa shape index (κ2) is 6.28. The molecule has 1 aromatic carbocycles. The van der Waals surface area contributed by atoms with Crippen LogP contribution in [0.15, 0.2) is 24.3 Å². The van der Waals surface area contributed by atoms with Crippen LogP contribution in [0.3, 0.4) is 0 Å². The maximum Gasteiger partial charge on any atom is 0.226 e. The molecule has 1 saturated heterocycles. The number of hydrogen-bond donors (Lipinski definition) is 0. The SMILES string of the molecule is Cc1cccc(C2CC2C(=O)N2CCCC(n3nc(C)nc3C)C2)c1. The van der Waals surface area contributed by atoms with E-state index in [4.69, 9.17) is 0 Å². The van der Waals surface area contributed by atoms with E-state index in [2.05, 4.69) is 46.2 Å². The van der Waals surface area contributed by atoms with Crippen molar-refractivity contribution in [1.29, 1.82) is 0 Å². The van der Waals surface area contributed by atoms with E-state index in [1.807, 2.05) is 18.5 Å². The second-order valence-corrected chi connectivity index (χ2v) is 7.59. The van der Waals surface area contributed by atoms with E-state index in [1.165, 1.54) is 11.1 Å². The lowest BCUT2D eigenvalue weighted by Gasteiger charge is -2.33. The Hall–Kier alpha value is -2.17. The Morgan fingerprint density at radius 3 is 2.80 bits per heavy atom. The minimum atomic E-state index is 0.166. The molecule has 1 amide bonds. The first kappa shape index (κ1) is 16.3. The van der Waals surface area contributed by atoms with Crippen molar-refractivity contribution in [2.45, 2.75) is 52.0 Å². The molecule has 25 heavy (non-hydrogen) atoms. The number of aryl methyl sites for hydroxylation is 3. The fourth-order valence-corrected chi connectivity index (χ4v) is 4.21. The van der Waals surface area contributed by atoms with E-state index >= 15 is 0 Å². The fraction of sp³-hybridized carbons (Fsp3) is 0.550. The monoisotopic (exact) mass is 338 g/mol. The largest absolute Gasteiger partial charge is 0.340 e. The lowest BCUT2D eigenvalue weighted by atomic mass is 10.0. The molecule has 0 N–H and O–H groups in total.